The van der Waals surface area contributed by atoms with Crippen molar-refractivity contribution in [3.8, 4) is 0 Å². The molecule has 4 nitrogen and oxygen atoms in total. The molecule has 1 aromatic carbocycles. The van der Waals surface area contributed by atoms with Gasteiger partial charge < -0.3 is 10.6 Å². The van der Waals surface area contributed by atoms with Crippen LogP contribution in [-0.2, 0) is 9.84 Å². The predicted molar refractivity (Wildman–Crippen MR) is 74.6 cm³/mol. The molecule has 1 aromatic rings. The van der Waals surface area contributed by atoms with Gasteiger partial charge in [0.1, 0.15) is 5.82 Å². The van der Waals surface area contributed by atoms with Crippen LogP contribution in [-0.4, -0.2) is 33.0 Å². The molecule has 0 bridgehead atoms. The SMILES string of the molecule is Cc1cc(N2CCS(=O)(=O)CC2)c([C@@H](C)N)cc1F. The van der Waals surface area contributed by atoms with Crippen molar-refractivity contribution in [3.05, 3.63) is 29.1 Å². The number of anilines is 1. The monoisotopic (exact) mass is 286 g/mol. The molecule has 1 heterocycles. The van der Waals surface area contributed by atoms with E-state index in [1.54, 1.807) is 19.9 Å². The van der Waals surface area contributed by atoms with Crippen molar-refractivity contribution in [1.29, 1.82) is 0 Å². The van der Waals surface area contributed by atoms with Crippen LogP contribution in [0, 0.1) is 12.7 Å². The molecule has 1 atom stereocenters. The molecule has 0 aliphatic carbocycles. The van der Waals surface area contributed by atoms with Gasteiger partial charge in [-0.25, -0.2) is 12.8 Å². The largest absolute Gasteiger partial charge is 0.369 e. The van der Waals surface area contributed by atoms with E-state index in [2.05, 4.69) is 0 Å². The zero-order valence-corrected chi connectivity index (χ0v) is 12.0. The lowest BCUT2D eigenvalue weighted by molar-refractivity contribution is 0.585. The predicted octanol–water partition coefficient (Wildman–Crippen LogP) is 1.39. The Morgan fingerprint density at radius 1 is 1.32 bits per heavy atom. The number of aryl methyl sites for hydroxylation is 1. The van der Waals surface area contributed by atoms with Crippen molar-refractivity contribution in [2.75, 3.05) is 29.5 Å². The Morgan fingerprint density at radius 2 is 1.89 bits per heavy atom. The van der Waals surface area contributed by atoms with E-state index < -0.39 is 9.84 Å². The zero-order valence-electron chi connectivity index (χ0n) is 11.2. The maximum absolute atomic E-state index is 13.6. The second-order valence-corrected chi connectivity index (χ2v) is 7.39. The molecule has 0 radical (unpaired) electrons. The summed E-state index contributed by atoms with van der Waals surface area (Å²) in [5.74, 6) is 0.00423. The van der Waals surface area contributed by atoms with Crippen molar-refractivity contribution in [2.24, 2.45) is 5.73 Å². The summed E-state index contributed by atoms with van der Waals surface area (Å²) in [6.45, 7) is 4.37. The first kappa shape index (κ1) is 14.3. The van der Waals surface area contributed by atoms with Crippen molar-refractivity contribution in [3.63, 3.8) is 0 Å². The average Bonchev–Trinajstić information content (AvgIpc) is 2.32. The zero-order chi connectivity index (χ0) is 14.2. The first-order valence-corrected chi connectivity index (χ1v) is 8.13. The second kappa shape index (κ2) is 5.09. The summed E-state index contributed by atoms with van der Waals surface area (Å²) < 4.78 is 36.6. The molecule has 1 aliphatic heterocycles. The molecule has 106 valence electrons. The third-order valence-corrected chi connectivity index (χ3v) is 5.09. The number of benzene rings is 1. The molecule has 6 heteroatoms. The molecular weight excluding hydrogens is 267 g/mol. The van der Waals surface area contributed by atoms with Gasteiger partial charge in [-0.05, 0) is 37.1 Å². The topological polar surface area (TPSA) is 63.4 Å². The third-order valence-electron chi connectivity index (χ3n) is 3.48. The van der Waals surface area contributed by atoms with Crippen LogP contribution in [0.25, 0.3) is 0 Å². The highest BCUT2D eigenvalue weighted by Crippen LogP contribution is 2.29. The summed E-state index contributed by atoms with van der Waals surface area (Å²) in [5, 5.41) is 0. The highest BCUT2D eigenvalue weighted by atomic mass is 32.2. The third kappa shape index (κ3) is 3.06. The molecule has 0 amide bonds. The Labute approximate surface area is 113 Å². The van der Waals surface area contributed by atoms with Crippen molar-refractivity contribution in [1.82, 2.24) is 0 Å². The Balaban J connectivity index is 2.36. The molecule has 0 unspecified atom stereocenters. The molecule has 2 rings (SSSR count). The lowest BCUT2D eigenvalue weighted by atomic mass is 10.0. The Morgan fingerprint density at radius 3 is 2.42 bits per heavy atom. The number of hydrogen-bond acceptors (Lipinski definition) is 4. The first-order valence-electron chi connectivity index (χ1n) is 6.31. The average molecular weight is 286 g/mol. The van der Waals surface area contributed by atoms with Crippen LogP contribution in [0.2, 0.25) is 0 Å². The van der Waals surface area contributed by atoms with Gasteiger partial charge in [0.2, 0.25) is 0 Å². The second-order valence-electron chi connectivity index (χ2n) is 5.09. The fourth-order valence-corrected chi connectivity index (χ4v) is 3.47. The molecule has 0 aromatic heterocycles. The molecule has 19 heavy (non-hydrogen) atoms. The van der Waals surface area contributed by atoms with Gasteiger partial charge in [-0.1, -0.05) is 0 Å². The van der Waals surface area contributed by atoms with Crippen LogP contribution in [0.15, 0.2) is 12.1 Å². The molecule has 1 saturated heterocycles. The molecular formula is C13H19FN2O2S. The van der Waals surface area contributed by atoms with Crippen molar-refractivity contribution >= 4 is 15.5 Å². The lowest BCUT2D eigenvalue weighted by Crippen LogP contribution is -2.41. The van der Waals surface area contributed by atoms with E-state index in [1.165, 1.54) is 6.07 Å². The van der Waals surface area contributed by atoms with Crippen molar-refractivity contribution in [2.45, 2.75) is 19.9 Å². The number of nitrogens with zero attached hydrogens (tertiary/aromatic N) is 1. The van der Waals surface area contributed by atoms with Crippen LogP contribution in [0.4, 0.5) is 10.1 Å². The Hall–Kier alpha value is -1.14. The van der Waals surface area contributed by atoms with Gasteiger partial charge in [0.05, 0.1) is 11.5 Å². The lowest BCUT2D eigenvalue weighted by Gasteiger charge is -2.31. The summed E-state index contributed by atoms with van der Waals surface area (Å²) in [5.41, 5.74) is 8.01. The van der Waals surface area contributed by atoms with Gasteiger partial charge in [-0.15, -0.1) is 0 Å². The normalized spacial score (nSPS) is 20.3. The van der Waals surface area contributed by atoms with Crippen LogP contribution < -0.4 is 10.6 Å². The van der Waals surface area contributed by atoms with Crippen LogP contribution in [0.3, 0.4) is 0 Å². The number of rotatable bonds is 2. The summed E-state index contributed by atoms with van der Waals surface area (Å²) in [6.07, 6.45) is 0. The van der Waals surface area contributed by atoms with E-state index in [0.29, 0.717) is 18.7 Å². The first-order chi connectivity index (χ1) is 8.80. The summed E-state index contributed by atoms with van der Waals surface area (Å²) in [4.78, 5) is 1.98. The van der Waals surface area contributed by atoms with Gasteiger partial charge in [0.15, 0.2) is 9.84 Å². The van der Waals surface area contributed by atoms with Gasteiger partial charge >= 0.3 is 0 Å². The van der Waals surface area contributed by atoms with Crippen LogP contribution >= 0.6 is 0 Å². The minimum Gasteiger partial charge on any atom is -0.369 e. The molecule has 0 spiro atoms. The fraction of sp³-hybridized carbons (Fsp3) is 0.538. The van der Waals surface area contributed by atoms with E-state index in [4.69, 9.17) is 5.73 Å². The smallest absolute Gasteiger partial charge is 0.153 e. The number of nitrogens with two attached hydrogens (primary N) is 1. The summed E-state index contributed by atoms with van der Waals surface area (Å²) in [6, 6.07) is 2.92. The van der Waals surface area contributed by atoms with Gasteiger partial charge in [0, 0.05) is 24.8 Å². The number of halogens is 1. The van der Waals surface area contributed by atoms with Gasteiger partial charge in [-0.2, -0.15) is 0 Å². The van der Waals surface area contributed by atoms with Crippen molar-refractivity contribution < 1.29 is 12.8 Å². The van der Waals surface area contributed by atoms with Gasteiger partial charge in [-0.3, -0.25) is 0 Å². The number of sulfone groups is 1. The number of hydrogen-bond donors (Lipinski definition) is 1. The quantitative estimate of drug-likeness (QED) is 0.892. The Bertz CT molecular complexity index is 571. The van der Waals surface area contributed by atoms with E-state index in [9.17, 15) is 12.8 Å². The van der Waals surface area contributed by atoms with Gasteiger partial charge in [0.25, 0.3) is 0 Å². The molecule has 0 saturated carbocycles. The molecule has 1 aliphatic rings. The fourth-order valence-electron chi connectivity index (χ4n) is 2.27. The minimum absolute atomic E-state index is 0.141. The molecule has 1 fully saturated rings. The Kier molecular flexibility index (Phi) is 3.82. The maximum atomic E-state index is 13.6. The van der Waals surface area contributed by atoms with E-state index in [0.717, 1.165) is 11.3 Å². The standard InChI is InChI=1S/C13H19FN2O2S/c1-9-7-13(11(10(2)15)8-12(9)14)16-3-5-19(17,18)6-4-16/h7-8,10H,3-6,15H2,1-2H3/t10-/m1/s1. The van der Waals surface area contributed by atoms with Crippen LogP contribution in [0.1, 0.15) is 24.1 Å². The van der Waals surface area contributed by atoms with E-state index in [1.807, 2.05) is 4.90 Å². The molecule has 2 N–H and O–H groups in total. The summed E-state index contributed by atoms with van der Waals surface area (Å²) >= 11 is 0. The summed E-state index contributed by atoms with van der Waals surface area (Å²) in [7, 11) is -2.92. The van der Waals surface area contributed by atoms with Crippen LogP contribution in [0.5, 0.6) is 0 Å². The van der Waals surface area contributed by atoms with E-state index in [-0.39, 0.29) is 23.4 Å². The minimum atomic E-state index is -2.92. The highest BCUT2D eigenvalue weighted by Gasteiger charge is 2.24. The van der Waals surface area contributed by atoms with E-state index >= 15 is 0 Å². The highest BCUT2D eigenvalue weighted by molar-refractivity contribution is 7.91. The maximum Gasteiger partial charge on any atom is 0.153 e.